The molecule has 0 N–H and O–H groups in total. The summed E-state index contributed by atoms with van der Waals surface area (Å²) in [7, 11) is 1.64. The molecule has 1 aliphatic rings. The molecule has 4 rings (SSSR count). The lowest BCUT2D eigenvalue weighted by Gasteiger charge is -2.16. The highest BCUT2D eigenvalue weighted by Gasteiger charge is 2.34. The van der Waals surface area contributed by atoms with Crippen molar-refractivity contribution in [1.29, 1.82) is 0 Å². The third kappa shape index (κ3) is 4.31. The summed E-state index contributed by atoms with van der Waals surface area (Å²) in [5.41, 5.74) is 4.80. The molecule has 1 saturated heterocycles. The zero-order chi connectivity index (χ0) is 21.1. The summed E-state index contributed by atoms with van der Waals surface area (Å²) in [6.45, 7) is 4.05. The van der Waals surface area contributed by atoms with Crippen LogP contribution < -0.4 is 9.64 Å². The molecule has 30 heavy (non-hydrogen) atoms. The minimum absolute atomic E-state index is 0.0761. The van der Waals surface area contributed by atoms with Gasteiger partial charge in [-0.3, -0.25) is 9.69 Å². The Morgan fingerprint density at radius 2 is 1.63 bits per heavy atom. The number of anilines is 1. The van der Waals surface area contributed by atoms with E-state index in [1.54, 1.807) is 12.0 Å². The maximum atomic E-state index is 13.3. The van der Waals surface area contributed by atoms with Gasteiger partial charge in [-0.1, -0.05) is 36.4 Å². The molecule has 0 radical (unpaired) electrons. The van der Waals surface area contributed by atoms with Crippen molar-refractivity contribution >= 4 is 40.3 Å². The molecule has 0 saturated carbocycles. The largest absolute Gasteiger partial charge is 0.497 e. The van der Waals surface area contributed by atoms with Gasteiger partial charge in [-0.15, -0.1) is 0 Å². The van der Waals surface area contributed by atoms with Crippen molar-refractivity contribution in [2.24, 2.45) is 4.99 Å². The molecule has 0 aromatic heterocycles. The Balaban J connectivity index is 1.76. The Hall–Kier alpha value is -3.31. The third-order valence-electron chi connectivity index (χ3n) is 4.71. The highest BCUT2D eigenvalue weighted by Crippen LogP contribution is 2.37. The van der Waals surface area contributed by atoms with Crippen LogP contribution in [0.4, 0.5) is 11.4 Å². The summed E-state index contributed by atoms with van der Waals surface area (Å²) in [5.74, 6) is 0.707. The number of carbonyl (C=O) groups excluding carboxylic acids is 1. The van der Waals surface area contributed by atoms with Gasteiger partial charge in [-0.2, -0.15) is 0 Å². The summed E-state index contributed by atoms with van der Waals surface area (Å²) in [5, 5.41) is 0.649. The average Bonchev–Trinajstić information content (AvgIpc) is 3.03. The molecular weight excluding hydrogens is 392 g/mol. The second kappa shape index (κ2) is 8.59. The highest BCUT2D eigenvalue weighted by atomic mass is 32.2. The van der Waals surface area contributed by atoms with E-state index >= 15 is 0 Å². The van der Waals surface area contributed by atoms with Gasteiger partial charge < -0.3 is 4.74 Å². The van der Waals surface area contributed by atoms with E-state index in [0.717, 1.165) is 33.8 Å². The van der Waals surface area contributed by atoms with E-state index in [-0.39, 0.29) is 5.91 Å². The molecule has 150 valence electrons. The Bertz CT molecular complexity index is 1150. The SMILES string of the molecule is COc1ccc(C=C2SC(=Nc3cccc(C)c3)N(c3cccc(C)c3)C2=O)cc1. The summed E-state index contributed by atoms with van der Waals surface area (Å²) in [4.78, 5) is 20.5. The van der Waals surface area contributed by atoms with Crippen LogP contribution >= 0.6 is 11.8 Å². The molecule has 0 atom stereocenters. The highest BCUT2D eigenvalue weighted by molar-refractivity contribution is 8.19. The number of hydrogen-bond donors (Lipinski definition) is 0. The molecule has 1 fully saturated rings. The number of nitrogens with zero attached hydrogens (tertiary/aromatic N) is 2. The fraction of sp³-hybridized carbons (Fsp3) is 0.120. The number of amides is 1. The normalized spacial score (nSPS) is 16.5. The first-order valence-corrected chi connectivity index (χ1v) is 10.5. The van der Waals surface area contributed by atoms with E-state index < -0.39 is 0 Å². The number of thioether (sulfide) groups is 1. The molecular formula is C25H22N2O2S. The van der Waals surface area contributed by atoms with Crippen LogP contribution in [0.2, 0.25) is 0 Å². The van der Waals surface area contributed by atoms with Crippen molar-refractivity contribution in [3.05, 3.63) is 94.4 Å². The molecule has 0 spiro atoms. The molecule has 0 bridgehead atoms. The van der Waals surface area contributed by atoms with Gasteiger partial charge in [0.2, 0.25) is 0 Å². The van der Waals surface area contributed by atoms with Crippen molar-refractivity contribution in [3.63, 3.8) is 0 Å². The summed E-state index contributed by atoms with van der Waals surface area (Å²) in [6.07, 6.45) is 1.90. The van der Waals surface area contributed by atoms with Crippen molar-refractivity contribution in [2.45, 2.75) is 13.8 Å². The fourth-order valence-electron chi connectivity index (χ4n) is 3.20. The zero-order valence-electron chi connectivity index (χ0n) is 17.1. The Labute approximate surface area is 180 Å². The molecule has 5 heteroatoms. The van der Waals surface area contributed by atoms with Gasteiger partial charge in [0.25, 0.3) is 5.91 Å². The molecule has 1 aliphatic heterocycles. The number of aliphatic imine (C=N–C) groups is 1. The van der Waals surface area contributed by atoms with Crippen LogP contribution in [0.5, 0.6) is 5.75 Å². The first-order chi connectivity index (χ1) is 14.5. The van der Waals surface area contributed by atoms with E-state index in [2.05, 4.69) is 0 Å². The number of ether oxygens (including phenoxy) is 1. The predicted octanol–water partition coefficient (Wildman–Crippen LogP) is 6.12. The third-order valence-corrected chi connectivity index (χ3v) is 5.68. The van der Waals surface area contributed by atoms with Crippen molar-refractivity contribution in [3.8, 4) is 5.75 Å². The standard InChI is InChI=1S/C25H22N2O2S/c1-17-6-4-8-20(14-17)26-25-27(21-9-5-7-18(2)15-21)24(28)23(30-25)16-19-10-12-22(29-3)13-11-19/h4-16H,1-3H3. The lowest BCUT2D eigenvalue weighted by atomic mass is 10.2. The number of hydrogen-bond acceptors (Lipinski definition) is 4. The first kappa shape index (κ1) is 20.0. The van der Waals surface area contributed by atoms with Crippen molar-refractivity contribution in [2.75, 3.05) is 12.0 Å². The van der Waals surface area contributed by atoms with Crippen molar-refractivity contribution < 1.29 is 9.53 Å². The summed E-state index contributed by atoms with van der Waals surface area (Å²) < 4.78 is 5.22. The van der Waals surface area contributed by atoms with Crippen molar-refractivity contribution in [1.82, 2.24) is 0 Å². The van der Waals surface area contributed by atoms with E-state index in [1.165, 1.54) is 11.8 Å². The minimum Gasteiger partial charge on any atom is -0.497 e. The first-order valence-electron chi connectivity index (χ1n) is 9.63. The molecule has 1 heterocycles. The lowest BCUT2D eigenvalue weighted by molar-refractivity contribution is -0.113. The lowest BCUT2D eigenvalue weighted by Crippen LogP contribution is -2.28. The number of carbonyl (C=O) groups is 1. The second-order valence-corrected chi connectivity index (χ2v) is 8.11. The second-order valence-electron chi connectivity index (χ2n) is 7.10. The number of aryl methyl sites for hydroxylation is 2. The van der Waals surface area contributed by atoms with Gasteiger partial charge in [0, 0.05) is 0 Å². The maximum absolute atomic E-state index is 13.3. The number of amidine groups is 1. The molecule has 4 nitrogen and oxygen atoms in total. The van der Waals surface area contributed by atoms with E-state index in [1.807, 2.05) is 92.7 Å². The molecule has 0 unspecified atom stereocenters. The number of benzene rings is 3. The Morgan fingerprint density at radius 1 is 0.933 bits per heavy atom. The summed E-state index contributed by atoms with van der Waals surface area (Å²) >= 11 is 1.39. The molecule has 0 aliphatic carbocycles. The Morgan fingerprint density at radius 3 is 2.30 bits per heavy atom. The Kier molecular flexibility index (Phi) is 5.72. The van der Waals surface area contributed by atoms with Gasteiger partial charge in [0.05, 0.1) is 23.4 Å². The van der Waals surface area contributed by atoms with Crippen LogP contribution in [0, 0.1) is 13.8 Å². The zero-order valence-corrected chi connectivity index (χ0v) is 17.9. The number of rotatable bonds is 4. The molecule has 3 aromatic carbocycles. The molecule has 3 aromatic rings. The van der Waals surface area contributed by atoms with Crippen LogP contribution in [0.25, 0.3) is 6.08 Å². The van der Waals surface area contributed by atoms with Gasteiger partial charge >= 0.3 is 0 Å². The predicted molar refractivity (Wildman–Crippen MR) is 126 cm³/mol. The van der Waals surface area contributed by atoms with E-state index in [0.29, 0.717) is 10.1 Å². The van der Waals surface area contributed by atoms with Gasteiger partial charge in [-0.25, -0.2) is 4.99 Å². The van der Waals surface area contributed by atoms with Crippen LogP contribution in [0.3, 0.4) is 0 Å². The van der Waals surface area contributed by atoms with E-state index in [9.17, 15) is 4.79 Å². The van der Waals surface area contributed by atoms with Gasteiger partial charge in [0.15, 0.2) is 5.17 Å². The fourth-order valence-corrected chi connectivity index (χ4v) is 4.20. The van der Waals surface area contributed by atoms with Crippen LogP contribution in [-0.2, 0) is 4.79 Å². The van der Waals surface area contributed by atoms with Crippen LogP contribution in [0.1, 0.15) is 16.7 Å². The van der Waals surface area contributed by atoms with Crippen LogP contribution in [-0.4, -0.2) is 18.2 Å². The minimum atomic E-state index is -0.0761. The summed E-state index contributed by atoms with van der Waals surface area (Å²) in [6, 6.07) is 23.5. The quantitative estimate of drug-likeness (QED) is 0.483. The molecule has 1 amide bonds. The van der Waals surface area contributed by atoms with E-state index in [4.69, 9.17) is 9.73 Å². The topological polar surface area (TPSA) is 41.9 Å². The van der Waals surface area contributed by atoms with Gasteiger partial charge in [-0.05, 0) is 84.8 Å². The number of methoxy groups -OCH3 is 1. The average molecular weight is 415 g/mol. The monoisotopic (exact) mass is 414 g/mol. The maximum Gasteiger partial charge on any atom is 0.271 e. The smallest absolute Gasteiger partial charge is 0.271 e. The van der Waals surface area contributed by atoms with Crippen LogP contribution in [0.15, 0.2) is 82.7 Å². The van der Waals surface area contributed by atoms with Gasteiger partial charge in [0.1, 0.15) is 5.75 Å².